The number of hydrogen-bond acceptors (Lipinski definition) is 2. The van der Waals surface area contributed by atoms with Crippen molar-refractivity contribution in [2.75, 3.05) is 18.4 Å². The molecule has 4 nitrogen and oxygen atoms in total. The summed E-state index contributed by atoms with van der Waals surface area (Å²) in [4.78, 5) is 15.0. The van der Waals surface area contributed by atoms with Gasteiger partial charge in [0, 0.05) is 31.4 Å². The molecule has 2 N–H and O–H groups in total. The number of carbonyl (C=O) groups is 1. The van der Waals surface area contributed by atoms with Crippen LogP contribution >= 0.6 is 0 Å². The lowest BCUT2D eigenvalue weighted by Gasteiger charge is -2.32. The van der Waals surface area contributed by atoms with Crippen LogP contribution in [0.5, 0.6) is 0 Å². The van der Waals surface area contributed by atoms with E-state index < -0.39 is 0 Å². The van der Waals surface area contributed by atoms with Gasteiger partial charge in [-0.05, 0) is 35.4 Å². The second-order valence-corrected chi connectivity index (χ2v) is 8.43. The Morgan fingerprint density at radius 2 is 1.63 bits per heavy atom. The van der Waals surface area contributed by atoms with E-state index in [1.165, 1.54) is 5.56 Å². The van der Waals surface area contributed by atoms with E-state index in [2.05, 4.69) is 72.7 Å². The zero-order chi connectivity index (χ0) is 19.3. The van der Waals surface area contributed by atoms with E-state index in [1.54, 1.807) is 0 Å². The van der Waals surface area contributed by atoms with Crippen LogP contribution in [0.1, 0.15) is 44.7 Å². The number of rotatable bonds is 4. The maximum atomic E-state index is 12.5. The number of benzene rings is 2. The maximum Gasteiger partial charge on any atom is 0.319 e. The first-order valence-corrected chi connectivity index (χ1v) is 9.85. The van der Waals surface area contributed by atoms with E-state index in [1.807, 2.05) is 18.2 Å². The Bertz CT molecular complexity index is 744. The molecule has 1 fully saturated rings. The van der Waals surface area contributed by atoms with Gasteiger partial charge in [0.1, 0.15) is 0 Å². The van der Waals surface area contributed by atoms with E-state index in [4.69, 9.17) is 0 Å². The number of para-hydroxylation sites is 1. The minimum atomic E-state index is -0.104. The molecule has 0 radical (unpaired) electrons. The molecule has 1 saturated heterocycles. The van der Waals surface area contributed by atoms with Gasteiger partial charge in [-0.15, -0.1) is 0 Å². The predicted octanol–water partition coefficient (Wildman–Crippen LogP) is 4.77. The number of nitrogens with zero attached hydrogens (tertiary/aromatic N) is 1. The molecule has 0 aliphatic carbocycles. The van der Waals surface area contributed by atoms with E-state index in [0.717, 1.165) is 43.7 Å². The largest absolute Gasteiger partial charge is 0.335 e. The highest BCUT2D eigenvalue weighted by Crippen LogP contribution is 2.29. The van der Waals surface area contributed by atoms with Crippen molar-refractivity contribution in [1.29, 1.82) is 0 Å². The van der Waals surface area contributed by atoms with Gasteiger partial charge in [0.2, 0.25) is 0 Å². The normalized spacial score (nSPS) is 16.1. The molecule has 4 heteroatoms. The molecule has 144 valence electrons. The summed E-state index contributed by atoms with van der Waals surface area (Å²) >= 11 is 0. The van der Waals surface area contributed by atoms with Crippen LogP contribution in [0.3, 0.4) is 0 Å². The number of nitrogens with one attached hydrogen (secondary N) is 2. The smallest absolute Gasteiger partial charge is 0.319 e. The minimum Gasteiger partial charge on any atom is -0.335 e. The zero-order valence-corrected chi connectivity index (χ0v) is 16.7. The third kappa shape index (κ3) is 5.57. The summed E-state index contributed by atoms with van der Waals surface area (Å²) in [7, 11) is 0. The molecule has 2 aromatic carbocycles. The van der Waals surface area contributed by atoms with Gasteiger partial charge in [0.25, 0.3) is 0 Å². The number of carbonyl (C=O) groups excluding carboxylic acids is 1. The molecule has 2 amide bonds. The topological polar surface area (TPSA) is 44.4 Å². The Balaban J connectivity index is 1.49. The van der Waals surface area contributed by atoms with Crippen LogP contribution in [-0.2, 0) is 12.0 Å². The van der Waals surface area contributed by atoms with Crippen molar-refractivity contribution in [1.82, 2.24) is 10.2 Å². The van der Waals surface area contributed by atoms with Crippen LogP contribution in [-0.4, -0.2) is 30.1 Å². The highest BCUT2D eigenvalue weighted by Gasteiger charge is 2.22. The van der Waals surface area contributed by atoms with E-state index in [9.17, 15) is 4.79 Å². The molecule has 27 heavy (non-hydrogen) atoms. The van der Waals surface area contributed by atoms with E-state index >= 15 is 0 Å². The summed E-state index contributed by atoms with van der Waals surface area (Å²) < 4.78 is 0. The molecule has 0 spiro atoms. The summed E-state index contributed by atoms with van der Waals surface area (Å²) in [5, 5.41) is 6.21. The molecular weight excluding hydrogens is 334 g/mol. The highest BCUT2D eigenvalue weighted by atomic mass is 16.2. The molecule has 0 unspecified atom stereocenters. The van der Waals surface area contributed by atoms with Crippen molar-refractivity contribution in [3.8, 4) is 0 Å². The van der Waals surface area contributed by atoms with Crippen molar-refractivity contribution in [2.45, 2.75) is 51.6 Å². The summed E-state index contributed by atoms with van der Waals surface area (Å²) in [6.45, 7) is 9.49. The average molecular weight is 366 g/mol. The third-order valence-corrected chi connectivity index (χ3v) is 5.16. The quantitative estimate of drug-likeness (QED) is 0.820. The van der Waals surface area contributed by atoms with Gasteiger partial charge in [-0.25, -0.2) is 4.79 Å². The van der Waals surface area contributed by atoms with Crippen LogP contribution < -0.4 is 10.6 Å². The van der Waals surface area contributed by atoms with Crippen molar-refractivity contribution in [3.05, 3.63) is 65.7 Å². The first-order valence-electron chi connectivity index (χ1n) is 9.85. The number of piperidine rings is 1. The average Bonchev–Trinajstić information content (AvgIpc) is 2.64. The molecule has 1 aliphatic heterocycles. The van der Waals surface area contributed by atoms with Gasteiger partial charge in [0.05, 0.1) is 0 Å². The van der Waals surface area contributed by atoms with Gasteiger partial charge >= 0.3 is 6.03 Å². The van der Waals surface area contributed by atoms with Crippen molar-refractivity contribution in [3.63, 3.8) is 0 Å². The lowest BCUT2D eigenvalue weighted by atomic mass is 9.86. The van der Waals surface area contributed by atoms with Crippen LogP contribution in [0.4, 0.5) is 10.5 Å². The zero-order valence-electron chi connectivity index (χ0n) is 16.7. The Hall–Kier alpha value is -2.33. The van der Waals surface area contributed by atoms with Crippen molar-refractivity contribution in [2.24, 2.45) is 0 Å². The Morgan fingerprint density at radius 3 is 2.30 bits per heavy atom. The molecule has 0 atom stereocenters. The van der Waals surface area contributed by atoms with E-state index in [-0.39, 0.29) is 17.5 Å². The first-order chi connectivity index (χ1) is 12.9. The van der Waals surface area contributed by atoms with Gasteiger partial charge in [0.15, 0.2) is 0 Å². The highest BCUT2D eigenvalue weighted by molar-refractivity contribution is 5.90. The van der Waals surface area contributed by atoms with Crippen molar-refractivity contribution < 1.29 is 4.79 Å². The second kappa shape index (κ2) is 8.57. The molecule has 0 aromatic heterocycles. The molecule has 0 saturated carbocycles. The predicted molar refractivity (Wildman–Crippen MR) is 112 cm³/mol. The van der Waals surface area contributed by atoms with Crippen molar-refractivity contribution >= 4 is 11.7 Å². The molecule has 2 aromatic rings. The van der Waals surface area contributed by atoms with Crippen LogP contribution in [0.15, 0.2) is 54.6 Å². The Kier molecular flexibility index (Phi) is 6.17. The van der Waals surface area contributed by atoms with Gasteiger partial charge < -0.3 is 10.6 Å². The maximum absolute atomic E-state index is 12.5. The number of amides is 2. The Labute approximate surface area is 163 Å². The van der Waals surface area contributed by atoms with E-state index in [0.29, 0.717) is 0 Å². The fraction of sp³-hybridized carbons (Fsp3) is 0.435. The van der Waals surface area contributed by atoms with Gasteiger partial charge in [-0.1, -0.05) is 69.3 Å². The Morgan fingerprint density at radius 1 is 1.00 bits per heavy atom. The first kappa shape index (κ1) is 19.4. The standard InChI is InChI=1S/C23H31N3O/c1-23(2,3)20-11-7-8-12-21(20)25-22(27)24-19-13-15-26(16-14-19)17-18-9-5-4-6-10-18/h4-12,19H,13-17H2,1-3H3,(H2,24,25,27). The molecule has 3 rings (SSSR count). The third-order valence-electron chi connectivity index (χ3n) is 5.16. The lowest BCUT2D eigenvalue weighted by Crippen LogP contribution is -2.45. The molecule has 1 heterocycles. The molecule has 1 aliphatic rings. The number of likely N-dealkylation sites (tertiary alicyclic amines) is 1. The minimum absolute atomic E-state index is 0.00729. The van der Waals surface area contributed by atoms with Gasteiger partial charge in [-0.2, -0.15) is 0 Å². The summed E-state index contributed by atoms with van der Waals surface area (Å²) in [6, 6.07) is 18.7. The SMILES string of the molecule is CC(C)(C)c1ccccc1NC(=O)NC1CCN(Cc2ccccc2)CC1. The number of anilines is 1. The fourth-order valence-electron chi connectivity index (χ4n) is 3.67. The summed E-state index contributed by atoms with van der Waals surface area (Å²) in [5.41, 5.74) is 3.38. The second-order valence-electron chi connectivity index (χ2n) is 8.43. The summed E-state index contributed by atoms with van der Waals surface area (Å²) in [6.07, 6.45) is 1.97. The number of hydrogen-bond donors (Lipinski definition) is 2. The number of urea groups is 1. The van der Waals surface area contributed by atoms with Gasteiger partial charge in [-0.3, -0.25) is 4.90 Å². The van der Waals surface area contributed by atoms with Crippen LogP contribution in [0.25, 0.3) is 0 Å². The molecular formula is C23H31N3O. The van der Waals surface area contributed by atoms with Crippen LogP contribution in [0, 0.1) is 0 Å². The summed E-state index contributed by atoms with van der Waals surface area (Å²) in [5.74, 6) is 0. The fourth-order valence-corrected chi connectivity index (χ4v) is 3.67. The lowest BCUT2D eigenvalue weighted by molar-refractivity contribution is 0.190. The molecule has 0 bridgehead atoms. The van der Waals surface area contributed by atoms with Crippen LogP contribution in [0.2, 0.25) is 0 Å². The monoisotopic (exact) mass is 365 g/mol.